The first kappa shape index (κ1) is 8.21. The van der Waals surface area contributed by atoms with Crippen LogP contribution in [-0.2, 0) is 4.79 Å². The highest BCUT2D eigenvalue weighted by Crippen LogP contribution is 2.35. The molecule has 13 heavy (non-hydrogen) atoms. The van der Waals surface area contributed by atoms with Crippen molar-refractivity contribution in [1.29, 1.82) is 0 Å². The van der Waals surface area contributed by atoms with Crippen LogP contribution in [0.1, 0.15) is 24.3 Å². The van der Waals surface area contributed by atoms with E-state index in [1.807, 2.05) is 24.5 Å². The van der Waals surface area contributed by atoms with E-state index >= 15 is 0 Å². The van der Waals surface area contributed by atoms with Crippen molar-refractivity contribution in [3.05, 3.63) is 42.1 Å². The molecule has 1 aromatic heterocycles. The van der Waals surface area contributed by atoms with Gasteiger partial charge in [0.15, 0.2) is 0 Å². The maximum absolute atomic E-state index is 10.4. The van der Waals surface area contributed by atoms with Crippen molar-refractivity contribution in [1.82, 2.24) is 4.98 Å². The minimum Gasteiger partial charge on any atom is -0.265 e. The Morgan fingerprint density at radius 1 is 1.38 bits per heavy atom. The Bertz CT molecular complexity index is 338. The van der Waals surface area contributed by atoms with E-state index < -0.39 is 0 Å². The number of hydrogen-bond donors (Lipinski definition) is 0. The molecule has 1 radical (unpaired) electrons. The summed E-state index contributed by atoms with van der Waals surface area (Å²) in [4.78, 5) is 14.3. The second kappa shape index (κ2) is 3.55. The molecule has 2 heteroatoms. The molecular formula is C11H10NO. The minimum atomic E-state index is 0.458. The highest BCUT2D eigenvalue weighted by Gasteiger charge is 2.21. The van der Waals surface area contributed by atoms with Crippen LogP contribution in [0, 0.1) is 6.42 Å². The number of nitrogens with zero attached hydrogens (tertiary/aromatic N) is 1. The zero-order chi connectivity index (χ0) is 9.10. The van der Waals surface area contributed by atoms with E-state index in [9.17, 15) is 4.79 Å². The van der Waals surface area contributed by atoms with Crippen LogP contribution >= 0.6 is 0 Å². The molecule has 1 fully saturated rings. The Labute approximate surface area is 77.3 Å². The lowest BCUT2D eigenvalue weighted by Gasteiger charge is -2.06. The van der Waals surface area contributed by atoms with Gasteiger partial charge >= 0.3 is 0 Å². The van der Waals surface area contributed by atoms with Crippen molar-refractivity contribution < 1.29 is 4.79 Å². The molecule has 1 aliphatic rings. The third kappa shape index (κ3) is 1.68. The molecule has 2 rings (SSSR count). The molecule has 1 heterocycles. The van der Waals surface area contributed by atoms with Gasteiger partial charge in [0.1, 0.15) is 5.94 Å². The van der Waals surface area contributed by atoms with Gasteiger partial charge in [-0.05, 0) is 42.9 Å². The molecule has 1 aliphatic carbocycles. The first-order valence-corrected chi connectivity index (χ1v) is 4.37. The molecule has 1 saturated carbocycles. The van der Waals surface area contributed by atoms with E-state index in [2.05, 4.69) is 4.98 Å². The first-order valence-electron chi connectivity index (χ1n) is 4.37. The lowest BCUT2D eigenvalue weighted by Crippen LogP contribution is -1.91. The highest BCUT2D eigenvalue weighted by atomic mass is 16.1. The number of allylic oxidation sites excluding steroid dienone is 1. The average molecular weight is 172 g/mol. The van der Waals surface area contributed by atoms with Crippen molar-refractivity contribution in [3.63, 3.8) is 0 Å². The average Bonchev–Trinajstić information content (AvgIpc) is 2.67. The van der Waals surface area contributed by atoms with Gasteiger partial charge in [0, 0.05) is 18.0 Å². The van der Waals surface area contributed by atoms with Gasteiger partial charge in [-0.1, -0.05) is 0 Å². The molecule has 0 aromatic carbocycles. The van der Waals surface area contributed by atoms with Gasteiger partial charge in [-0.3, -0.25) is 4.98 Å². The van der Waals surface area contributed by atoms with Crippen LogP contribution in [0.15, 0.2) is 30.1 Å². The number of hydrogen-bond acceptors (Lipinski definition) is 2. The van der Waals surface area contributed by atoms with Crippen molar-refractivity contribution in [2.75, 3.05) is 0 Å². The number of carbonyl (C=O) groups excluding carboxylic acids is 1. The normalized spacial score (nSPS) is 21.5. The number of aromatic nitrogens is 1. The summed E-state index contributed by atoms with van der Waals surface area (Å²) in [5.41, 5.74) is 2.07. The fraction of sp³-hybridized carbons (Fsp3) is 0.273. The summed E-state index contributed by atoms with van der Waals surface area (Å²) < 4.78 is 0. The summed E-state index contributed by atoms with van der Waals surface area (Å²) in [5, 5.41) is 0. The molecule has 0 saturated heterocycles. The summed E-state index contributed by atoms with van der Waals surface area (Å²) in [6.45, 7) is 0. The standard InChI is InChI=1S/C11H10NO/c13-8-9-1-2-11(7-9)10-3-5-12-6-4-10/h1,3-6,11H,2,7H2. The SMILES string of the molecule is O=C=C1[CH]CC(c2ccncc2)C1. The van der Waals surface area contributed by atoms with Crippen molar-refractivity contribution in [3.8, 4) is 0 Å². The quantitative estimate of drug-likeness (QED) is 0.606. The molecule has 2 nitrogen and oxygen atoms in total. The van der Waals surface area contributed by atoms with Crippen LogP contribution in [-0.4, -0.2) is 10.9 Å². The monoisotopic (exact) mass is 172 g/mol. The second-order valence-corrected chi connectivity index (χ2v) is 3.25. The number of pyridine rings is 1. The fourth-order valence-electron chi connectivity index (χ4n) is 1.69. The Morgan fingerprint density at radius 3 is 2.77 bits per heavy atom. The van der Waals surface area contributed by atoms with E-state index in [0.717, 1.165) is 18.4 Å². The molecule has 1 atom stereocenters. The van der Waals surface area contributed by atoms with Crippen LogP contribution in [0.4, 0.5) is 0 Å². The first-order chi connectivity index (χ1) is 6.40. The summed E-state index contributed by atoms with van der Waals surface area (Å²) in [6.07, 6.45) is 7.33. The Kier molecular flexibility index (Phi) is 2.24. The number of rotatable bonds is 1. The molecule has 1 unspecified atom stereocenters. The third-order valence-electron chi connectivity index (χ3n) is 2.42. The molecule has 65 valence electrons. The third-order valence-corrected chi connectivity index (χ3v) is 2.42. The Balaban J connectivity index is 2.17. The van der Waals surface area contributed by atoms with Crippen LogP contribution in [0.25, 0.3) is 0 Å². The van der Waals surface area contributed by atoms with Gasteiger partial charge in [-0.2, -0.15) is 0 Å². The van der Waals surface area contributed by atoms with Crippen molar-refractivity contribution >= 4 is 5.94 Å². The molecule has 0 amide bonds. The maximum atomic E-state index is 10.4. The smallest absolute Gasteiger partial charge is 0.123 e. The van der Waals surface area contributed by atoms with Gasteiger partial charge in [0.25, 0.3) is 0 Å². The van der Waals surface area contributed by atoms with E-state index in [-0.39, 0.29) is 0 Å². The van der Waals surface area contributed by atoms with Gasteiger partial charge in [-0.25, -0.2) is 4.79 Å². The molecule has 0 N–H and O–H groups in total. The van der Waals surface area contributed by atoms with Gasteiger partial charge in [0.05, 0.1) is 0 Å². The van der Waals surface area contributed by atoms with Crippen LogP contribution < -0.4 is 0 Å². The summed E-state index contributed by atoms with van der Waals surface area (Å²) in [5.74, 6) is 2.42. The highest BCUT2D eigenvalue weighted by molar-refractivity contribution is 5.58. The van der Waals surface area contributed by atoms with E-state index in [4.69, 9.17) is 0 Å². The van der Waals surface area contributed by atoms with Gasteiger partial charge in [0.2, 0.25) is 0 Å². The summed E-state index contributed by atoms with van der Waals surface area (Å²) in [7, 11) is 0. The predicted octanol–water partition coefficient (Wildman–Crippen LogP) is 1.92. The molecule has 0 bridgehead atoms. The maximum Gasteiger partial charge on any atom is 0.123 e. The molecular weight excluding hydrogens is 162 g/mol. The van der Waals surface area contributed by atoms with Gasteiger partial charge in [-0.15, -0.1) is 0 Å². The summed E-state index contributed by atoms with van der Waals surface area (Å²) in [6, 6.07) is 4.01. The largest absolute Gasteiger partial charge is 0.265 e. The fourth-order valence-corrected chi connectivity index (χ4v) is 1.69. The zero-order valence-corrected chi connectivity index (χ0v) is 7.23. The Morgan fingerprint density at radius 2 is 2.15 bits per heavy atom. The van der Waals surface area contributed by atoms with Crippen molar-refractivity contribution in [2.24, 2.45) is 0 Å². The lowest BCUT2D eigenvalue weighted by atomic mass is 9.99. The van der Waals surface area contributed by atoms with E-state index in [1.54, 1.807) is 12.4 Å². The predicted molar refractivity (Wildman–Crippen MR) is 49.7 cm³/mol. The Hall–Kier alpha value is -1.40. The molecule has 1 aromatic rings. The van der Waals surface area contributed by atoms with Gasteiger partial charge < -0.3 is 0 Å². The van der Waals surface area contributed by atoms with Crippen LogP contribution in [0.3, 0.4) is 0 Å². The molecule has 0 spiro atoms. The minimum absolute atomic E-state index is 0.458. The lowest BCUT2D eigenvalue weighted by molar-refractivity contribution is 0.566. The second-order valence-electron chi connectivity index (χ2n) is 3.25. The van der Waals surface area contributed by atoms with Crippen LogP contribution in [0.5, 0.6) is 0 Å². The van der Waals surface area contributed by atoms with Crippen molar-refractivity contribution in [2.45, 2.75) is 18.8 Å². The topological polar surface area (TPSA) is 30.0 Å². The summed E-state index contributed by atoms with van der Waals surface area (Å²) >= 11 is 0. The van der Waals surface area contributed by atoms with E-state index in [0.29, 0.717) is 5.92 Å². The van der Waals surface area contributed by atoms with E-state index in [1.165, 1.54) is 5.56 Å². The molecule has 0 aliphatic heterocycles. The van der Waals surface area contributed by atoms with Crippen LogP contribution in [0.2, 0.25) is 0 Å². The zero-order valence-electron chi connectivity index (χ0n) is 7.23.